The van der Waals surface area contributed by atoms with Gasteiger partial charge in [-0.05, 0) is 43.5 Å². The zero-order valence-electron chi connectivity index (χ0n) is 35.5. The van der Waals surface area contributed by atoms with Crippen molar-refractivity contribution in [2.45, 2.75) is 101 Å². The molecule has 0 N–H and O–H groups in total. The van der Waals surface area contributed by atoms with Crippen LogP contribution >= 0.6 is 0 Å². The highest BCUT2D eigenvalue weighted by Gasteiger charge is 2.47. The minimum Gasteiger partial charge on any atom is -0.744 e. The summed E-state index contributed by atoms with van der Waals surface area (Å²) in [6.07, 6.45) is 6.07. The normalized spacial score (nSPS) is 11.7. The summed E-state index contributed by atoms with van der Waals surface area (Å²) in [5.41, 5.74) is 1.99. The highest BCUT2D eigenvalue weighted by molar-refractivity contribution is 7.86. The predicted molar refractivity (Wildman–Crippen MR) is 207 cm³/mol. The largest absolute Gasteiger partial charge is 0.744 e. The molecular formula is C42H39F15N2O7S2. The highest BCUT2D eigenvalue weighted by atomic mass is 32.2. The Hall–Kier alpha value is -5.47. The lowest BCUT2D eigenvalue weighted by molar-refractivity contribution is -0.826. The molecule has 5 rings (SSSR count). The lowest BCUT2D eigenvalue weighted by atomic mass is 10.1. The van der Waals surface area contributed by atoms with Crippen LogP contribution in [-0.4, -0.2) is 32.1 Å². The molecule has 0 fully saturated rings. The molecular weight excluding hydrogens is 994 g/mol. The fourth-order valence-electron chi connectivity index (χ4n) is 5.31. The van der Waals surface area contributed by atoms with E-state index in [0.717, 1.165) is 6.20 Å². The van der Waals surface area contributed by atoms with Crippen molar-refractivity contribution in [3.05, 3.63) is 142 Å². The number of alkyl halides is 5. The lowest BCUT2D eigenvalue weighted by Crippen LogP contribution is -2.51. The van der Waals surface area contributed by atoms with Gasteiger partial charge in [0, 0.05) is 24.6 Å². The number of aryl methyl sites for hydroxylation is 3. The number of hydrogen-bond acceptors (Lipinski definition) is 7. The predicted octanol–water partition coefficient (Wildman–Crippen LogP) is 11.2. The van der Waals surface area contributed by atoms with Gasteiger partial charge in [-0.2, -0.15) is 13.2 Å². The molecule has 68 heavy (non-hydrogen) atoms. The molecule has 0 amide bonds. The Kier molecular flexibility index (Phi) is 21.8. The minimum atomic E-state index is -5.77. The van der Waals surface area contributed by atoms with Crippen LogP contribution in [-0.2, 0) is 32.8 Å². The van der Waals surface area contributed by atoms with Crippen LogP contribution in [0.4, 0.5) is 65.9 Å². The molecule has 0 radical (unpaired) electrons. The first-order valence-corrected chi connectivity index (χ1v) is 22.3. The maximum Gasteiger partial charge on any atom is 0.463 e. The molecule has 376 valence electrons. The molecule has 0 aliphatic carbocycles. The van der Waals surface area contributed by atoms with E-state index in [1.807, 2.05) is 0 Å². The summed E-state index contributed by atoms with van der Waals surface area (Å²) in [6, 6.07) is 11.6. The Balaban J connectivity index is 0.000000318. The Labute approximate surface area is 379 Å². The number of nitrogens with zero attached hydrogens (tertiary/aromatic N) is 2. The lowest BCUT2D eigenvalue weighted by Gasteiger charge is -2.15. The second-order valence-electron chi connectivity index (χ2n) is 14.2. The molecule has 0 bridgehead atoms. The summed E-state index contributed by atoms with van der Waals surface area (Å²) in [5.74, 6) is -25.6. The third-order valence-corrected chi connectivity index (χ3v) is 10.5. The standard InChI is InChI=1S/C16H15F5NO.C14H24N.2C6HF5O3S/c1-12-7-10-22(16(20,21)9-8-15(17,18)19)14(11-12)23-13-5-3-2-4-6-13;1-3-4-5-6-7-8-11-15-12-9-14(2)10-13-15;2*7-1-2(8)4(10)6(15(12,13)14)5(11)3(1)9/h2-7,10-11H,8-9H2,1H3;9-10,12-13H,3-8,11H2,1-2H3;2*(H,12,13,14)/q2*+1;;/p-2. The molecule has 9 nitrogen and oxygen atoms in total. The second kappa shape index (κ2) is 25.2. The summed E-state index contributed by atoms with van der Waals surface area (Å²) in [7, 11) is -11.5. The number of hydrogen-bond donors (Lipinski definition) is 0. The topological polar surface area (TPSA) is 131 Å². The summed E-state index contributed by atoms with van der Waals surface area (Å²) in [5, 5.41) is 0. The minimum absolute atomic E-state index is 0.219. The van der Waals surface area contributed by atoms with E-state index in [-0.39, 0.29) is 5.88 Å². The van der Waals surface area contributed by atoms with Crippen molar-refractivity contribution in [1.82, 2.24) is 0 Å². The van der Waals surface area contributed by atoms with Crippen LogP contribution in [0.3, 0.4) is 0 Å². The average Bonchev–Trinajstić information content (AvgIpc) is 3.25. The van der Waals surface area contributed by atoms with Crippen molar-refractivity contribution in [2.24, 2.45) is 0 Å². The molecule has 5 aromatic rings. The fourth-order valence-corrected chi connectivity index (χ4v) is 6.55. The molecule has 0 aliphatic rings. The van der Waals surface area contributed by atoms with Crippen molar-refractivity contribution >= 4 is 20.2 Å². The van der Waals surface area contributed by atoms with Gasteiger partial charge in [0.05, 0.1) is 18.9 Å². The molecule has 0 aliphatic heterocycles. The van der Waals surface area contributed by atoms with Crippen molar-refractivity contribution in [3.63, 3.8) is 0 Å². The van der Waals surface area contributed by atoms with Gasteiger partial charge < -0.3 is 13.8 Å². The first-order chi connectivity index (χ1) is 31.3. The van der Waals surface area contributed by atoms with Crippen LogP contribution in [0.5, 0.6) is 11.6 Å². The van der Waals surface area contributed by atoms with Gasteiger partial charge in [0.2, 0.25) is 11.6 Å². The molecule has 0 spiro atoms. The second-order valence-corrected chi connectivity index (χ2v) is 16.8. The first kappa shape index (κ1) is 58.7. The highest BCUT2D eigenvalue weighted by Crippen LogP contribution is 2.32. The van der Waals surface area contributed by atoms with E-state index in [2.05, 4.69) is 42.9 Å². The number of pyridine rings is 2. The van der Waals surface area contributed by atoms with Gasteiger partial charge in [-0.3, -0.25) is 0 Å². The Morgan fingerprint density at radius 3 is 1.34 bits per heavy atom. The van der Waals surface area contributed by atoms with E-state index in [1.165, 1.54) is 62.8 Å². The molecule has 0 saturated heterocycles. The average molecular weight is 1030 g/mol. The third kappa shape index (κ3) is 17.6. The quantitative estimate of drug-likeness (QED) is 0.0270. The van der Waals surface area contributed by atoms with Gasteiger partial charge in [0.1, 0.15) is 42.3 Å². The first-order valence-electron chi connectivity index (χ1n) is 19.5. The summed E-state index contributed by atoms with van der Waals surface area (Å²) < 4.78 is 259. The van der Waals surface area contributed by atoms with Gasteiger partial charge in [0.25, 0.3) is 0 Å². The van der Waals surface area contributed by atoms with Gasteiger partial charge in [-0.1, -0.05) is 50.8 Å². The van der Waals surface area contributed by atoms with E-state index in [9.17, 15) is 91.8 Å². The monoisotopic (exact) mass is 1030 g/mol. The summed E-state index contributed by atoms with van der Waals surface area (Å²) in [6.45, 7) is 7.25. The Bertz CT molecular complexity index is 2540. The third-order valence-electron chi connectivity index (χ3n) is 8.77. The van der Waals surface area contributed by atoms with Crippen molar-refractivity contribution in [2.75, 3.05) is 0 Å². The van der Waals surface area contributed by atoms with E-state index >= 15 is 0 Å². The zero-order valence-corrected chi connectivity index (χ0v) is 37.2. The van der Waals surface area contributed by atoms with Crippen LogP contribution in [0.15, 0.2) is 83.0 Å². The van der Waals surface area contributed by atoms with Crippen LogP contribution < -0.4 is 13.9 Å². The van der Waals surface area contributed by atoms with Crippen LogP contribution in [0.25, 0.3) is 0 Å². The van der Waals surface area contributed by atoms with Gasteiger partial charge >= 0.3 is 18.1 Å². The molecule has 0 saturated carbocycles. The molecule has 0 unspecified atom stereocenters. The van der Waals surface area contributed by atoms with Crippen molar-refractivity contribution < 1.29 is 106 Å². The zero-order chi connectivity index (χ0) is 51.9. The SMILES string of the molecule is CCCCCCCC[n+]1ccc(C)cc1.Cc1cc[n+](C(F)(F)CCC(F)(F)F)c(Oc2ccccc2)c1.O=S(=O)([O-])c1c(F)c(F)c(F)c(F)c1F.O=S(=O)([O-])c1c(F)c(F)c(F)c(F)c1F. The maximum atomic E-state index is 14.2. The number of para-hydroxylation sites is 1. The fraction of sp³-hybridized carbons (Fsp3) is 0.333. The Morgan fingerprint density at radius 1 is 0.529 bits per heavy atom. The molecule has 3 aromatic carbocycles. The number of ether oxygens (including phenoxy) is 1. The van der Waals surface area contributed by atoms with Gasteiger partial charge in [-0.15, -0.1) is 13.3 Å². The maximum absolute atomic E-state index is 14.2. The van der Waals surface area contributed by atoms with Crippen LogP contribution in [0.2, 0.25) is 0 Å². The molecule has 2 aromatic heterocycles. The van der Waals surface area contributed by atoms with Crippen LogP contribution in [0, 0.1) is 72.0 Å². The molecule has 0 atom stereocenters. The molecule has 26 heteroatoms. The summed E-state index contributed by atoms with van der Waals surface area (Å²) in [4.78, 5) is -4.75. The number of rotatable bonds is 14. The number of benzene rings is 3. The van der Waals surface area contributed by atoms with E-state index < -0.39 is 113 Å². The van der Waals surface area contributed by atoms with Crippen molar-refractivity contribution in [3.8, 4) is 11.6 Å². The van der Waals surface area contributed by atoms with E-state index in [4.69, 9.17) is 4.74 Å². The van der Waals surface area contributed by atoms with E-state index in [0.29, 0.717) is 15.9 Å². The Morgan fingerprint density at radius 2 is 0.926 bits per heavy atom. The number of unbranched alkanes of at least 4 members (excludes halogenated alkanes) is 5. The number of halogens is 15. The number of aromatic nitrogens is 2. The van der Waals surface area contributed by atoms with Gasteiger partial charge in [-0.25, -0.2) is 65.3 Å². The van der Waals surface area contributed by atoms with Crippen molar-refractivity contribution in [1.29, 1.82) is 0 Å². The van der Waals surface area contributed by atoms with Gasteiger partial charge in [0.15, 0.2) is 65.1 Å². The summed E-state index contributed by atoms with van der Waals surface area (Å²) >= 11 is 0. The smallest absolute Gasteiger partial charge is 0.463 e. The van der Waals surface area contributed by atoms with Crippen LogP contribution in [0.1, 0.15) is 69.4 Å². The van der Waals surface area contributed by atoms with E-state index in [1.54, 1.807) is 37.3 Å². The molecule has 2 heterocycles.